The summed E-state index contributed by atoms with van der Waals surface area (Å²) in [5, 5.41) is 9.31. The first-order valence-electron chi connectivity index (χ1n) is 10.4. The number of rotatable bonds is 6. The molecule has 5 heteroatoms. The van der Waals surface area contributed by atoms with Crippen LogP contribution in [0, 0.1) is 23.7 Å². The summed E-state index contributed by atoms with van der Waals surface area (Å²) in [5.74, 6) is 7.50. The fraction of sp³-hybridized carbons (Fsp3) is 0.458. The standard InChI is InChI=1S/C24H27FN2O2/c1-17-4-2-6-23(13-20(25)10-17)29-24-11-18-15-27(16-19(18)12-24)9-3-5-21-7-8-22(28)14-26-21/h4,7-8,10,13-14,18-19,24,28H,3,5,9,11-12,15-16H2,1H3/b17-4-,17-10?,20-10+,20-13?,23-13-. The van der Waals surface area contributed by atoms with Gasteiger partial charge in [-0.3, -0.25) is 4.98 Å². The maximum Gasteiger partial charge on any atom is 0.173 e. The summed E-state index contributed by atoms with van der Waals surface area (Å²) in [6, 6.07) is 3.58. The highest BCUT2D eigenvalue weighted by Gasteiger charge is 2.41. The van der Waals surface area contributed by atoms with Crippen molar-refractivity contribution in [3.05, 3.63) is 59.4 Å². The van der Waals surface area contributed by atoms with E-state index < -0.39 is 0 Å². The molecule has 0 amide bonds. The summed E-state index contributed by atoms with van der Waals surface area (Å²) in [5.41, 5.74) is 1.83. The van der Waals surface area contributed by atoms with Crippen LogP contribution < -0.4 is 0 Å². The van der Waals surface area contributed by atoms with E-state index in [1.807, 2.05) is 13.0 Å². The third-order valence-corrected chi connectivity index (χ3v) is 5.92. The molecule has 4 rings (SSSR count). The van der Waals surface area contributed by atoms with Crippen molar-refractivity contribution in [3.8, 4) is 17.6 Å². The molecule has 0 radical (unpaired) electrons. The zero-order valence-corrected chi connectivity index (χ0v) is 16.8. The van der Waals surface area contributed by atoms with Gasteiger partial charge in [-0.25, -0.2) is 4.39 Å². The lowest BCUT2D eigenvalue weighted by atomic mass is 10.0. The lowest BCUT2D eigenvalue weighted by molar-refractivity contribution is 0.119. The Hall–Kier alpha value is -2.58. The van der Waals surface area contributed by atoms with Gasteiger partial charge in [-0.15, -0.1) is 0 Å². The Morgan fingerprint density at radius 2 is 2.03 bits per heavy atom. The Labute approximate surface area is 171 Å². The molecule has 29 heavy (non-hydrogen) atoms. The van der Waals surface area contributed by atoms with E-state index in [0.717, 1.165) is 56.6 Å². The maximum atomic E-state index is 13.9. The van der Waals surface area contributed by atoms with Crippen molar-refractivity contribution in [1.29, 1.82) is 0 Å². The molecule has 1 N–H and O–H groups in total. The van der Waals surface area contributed by atoms with Crippen molar-refractivity contribution in [2.75, 3.05) is 19.6 Å². The van der Waals surface area contributed by atoms with Crippen LogP contribution in [0.2, 0.25) is 0 Å². The molecule has 1 aromatic rings. The second-order valence-electron chi connectivity index (χ2n) is 8.30. The number of hydrogen-bond donors (Lipinski definition) is 1. The lowest BCUT2D eigenvalue weighted by Gasteiger charge is -2.19. The second kappa shape index (κ2) is 8.84. The van der Waals surface area contributed by atoms with Gasteiger partial charge in [0.1, 0.15) is 17.7 Å². The van der Waals surface area contributed by atoms with Crippen LogP contribution in [0.1, 0.15) is 31.9 Å². The molecule has 0 aromatic carbocycles. The van der Waals surface area contributed by atoms with E-state index in [4.69, 9.17) is 4.74 Å². The van der Waals surface area contributed by atoms with Crippen LogP contribution in [0.4, 0.5) is 4.39 Å². The van der Waals surface area contributed by atoms with E-state index >= 15 is 0 Å². The number of hydrogen-bond acceptors (Lipinski definition) is 4. The van der Waals surface area contributed by atoms with Crippen LogP contribution >= 0.6 is 0 Å². The Morgan fingerprint density at radius 3 is 2.76 bits per heavy atom. The number of aromatic nitrogens is 1. The average molecular weight is 394 g/mol. The lowest BCUT2D eigenvalue weighted by Crippen LogP contribution is -2.25. The van der Waals surface area contributed by atoms with Crippen molar-refractivity contribution >= 4 is 0 Å². The van der Waals surface area contributed by atoms with E-state index in [-0.39, 0.29) is 17.7 Å². The number of aromatic hydroxyl groups is 1. The summed E-state index contributed by atoms with van der Waals surface area (Å²) in [6.45, 7) is 5.11. The van der Waals surface area contributed by atoms with Gasteiger partial charge < -0.3 is 14.7 Å². The van der Waals surface area contributed by atoms with E-state index in [2.05, 4.69) is 21.7 Å². The molecule has 3 aliphatic rings. The van der Waals surface area contributed by atoms with Gasteiger partial charge >= 0.3 is 0 Å². The minimum Gasteiger partial charge on any atom is -0.506 e. The van der Waals surface area contributed by atoms with Gasteiger partial charge in [0.05, 0.1) is 6.20 Å². The fourth-order valence-electron chi connectivity index (χ4n) is 4.59. The van der Waals surface area contributed by atoms with Crippen LogP contribution in [-0.4, -0.2) is 40.7 Å². The average Bonchev–Trinajstić information content (AvgIpc) is 3.20. The van der Waals surface area contributed by atoms with Crippen molar-refractivity contribution in [1.82, 2.24) is 9.88 Å². The molecular weight excluding hydrogens is 367 g/mol. The van der Waals surface area contributed by atoms with Crippen molar-refractivity contribution in [2.45, 2.75) is 38.7 Å². The highest BCUT2D eigenvalue weighted by Crippen LogP contribution is 2.40. The van der Waals surface area contributed by atoms with Gasteiger partial charge in [-0.05, 0) is 86.8 Å². The van der Waals surface area contributed by atoms with E-state index in [1.54, 1.807) is 12.1 Å². The van der Waals surface area contributed by atoms with Crippen LogP contribution in [0.25, 0.3) is 0 Å². The second-order valence-corrected chi connectivity index (χ2v) is 8.30. The maximum absolute atomic E-state index is 13.9. The Morgan fingerprint density at radius 1 is 1.24 bits per heavy atom. The smallest absolute Gasteiger partial charge is 0.173 e. The molecule has 1 saturated heterocycles. The quantitative estimate of drug-likeness (QED) is 0.737. The van der Waals surface area contributed by atoms with Crippen molar-refractivity contribution in [3.63, 3.8) is 0 Å². The monoisotopic (exact) mass is 394 g/mol. The number of likely N-dealkylation sites (tertiary alicyclic amines) is 1. The minimum atomic E-state index is -0.310. The molecule has 2 fully saturated rings. The molecule has 2 heterocycles. The van der Waals surface area contributed by atoms with E-state index in [1.165, 1.54) is 18.3 Å². The first kappa shape index (κ1) is 19.7. The molecule has 152 valence electrons. The zero-order chi connectivity index (χ0) is 20.2. The normalized spacial score (nSPS) is 31.8. The number of ether oxygens (including phenoxy) is 1. The molecule has 0 bridgehead atoms. The molecular formula is C24H27FN2O2. The molecule has 1 aliphatic heterocycles. The summed E-state index contributed by atoms with van der Waals surface area (Å²) >= 11 is 0. The van der Waals surface area contributed by atoms with Gasteiger partial charge in [0.2, 0.25) is 0 Å². The van der Waals surface area contributed by atoms with E-state index in [9.17, 15) is 9.50 Å². The first-order chi connectivity index (χ1) is 14.0. The number of aryl methyl sites for hydroxylation is 1. The summed E-state index contributed by atoms with van der Waals surface area (Å²) in [7, 11) is 0. The molecule has 2 atom stereocenters. The van der Waals surface area contributed by atoms with Gasteiger partial charge in [0.15, 0.2) is 5.76 Å². The summed E-state index contributed by atoms with van der Waals surface area (Å²) < 4.78 is 20.0. The molecule has 1 aromatic heterocycles. The first-order valence-corrected chi connectivity index (χ1v) is 10.4. The van der Waals surface area contributed by atoms with Gasteiger partial charge in [0.25, 0.3) is 0 Å². The van der Waals surface area contributed by atoms with Gasteiger partial charge in [-0.2, -0.15) is 0 Å². The van der Waals surface area contributed by atoms with Gasteiger partial charge in [0, 0.05) is 24.9 Å². The number of allylic oxidation sites excluding steroid dienone is 6. The molecule has 4 nitrogen and oxygen atoms in total. The highest BCUT2D eigenvalue weighted by molar-refractivity contribution is 5.40. The number of pyridine rings is 1. The number of fused-ring (bicyclic) bond motifs is 1. The van der Waals surface area contributed by atoms with Crippen LogP contribution in [0.15, 0.2) is 53.7 Å². The number of nitrogens with zero attached hydrogens (tertiary/aromatic N) is 2. The van der Waals surface area contributed by atoms with E-state index in [0.29, 0.717) is 17.6 Å². The largest absolute Gasteiger partial charge is 0.506 e. The predicted molar refractivity (Wildman–Crippen MR) is 111 cm³/mol. The summed E-state index contributed by atoms with van der Waals surface area (Å²) in [4.78, 5) is 6.79. The molecule has 2 aliphatic carbocycles. The SMILES string of the molecule is CC1=C/C#C/C(OC2CC3CN(CCCc4ccc(O)cn4)CC3C2)=C/C(F)=C\1. The molecule has 0 spiro atoms. The Kier molecular flexibility index (Phi) is 6.01. The topological polar surface area (TPSA) is 45.6 Å². The Bertz CT molecular complexity index is 878. The highest BCUT2D eigenvalue weighted by atomic mass is 19.1. The third-order valence-electron chi connectivity index (χ3n) is 5.92. The zero-order valence-electron chi connectivity index (χ0n) is 16.8. The van der Waals surface area contributed by atoms with Crippen LogP contribution in [0.5, 0.6) is 5.75 Å². The van der Waals surface area contributed by atoms with Crippen molar-refractivity contribution in [2.24, 2.45) is 11.8 Å². The van der Waals surface area contributed by atoms with Crippen LogP contribution in [-0.2, 0) is 11.2 Å². The molecule has 2 unspecified atom stereocenters. The number of halogens is 1. The van der Waals surface area contributed by atoms with Crippen molar-refractivity contribution < 1.29 is 14.2 Å². The molecule has 1 saturated carbocycles. The fourth-order valence-corrected chi connectivity index (χ4v) is 4.59. The third kappa shape index (κ3) is 5.27. The minimum absolute atomic E-state index is 0.131. The van der Waals surface area contributed by atoms with Gasteiger partial charge in [-0.1, -0.05) is 5.92 Å². The van der Waals surface area contributed by atoms with Crippen LogP contribution in [0.3, 0.4) is 0 Å². The predicted octanol–water partition coefficient (Wildman–Crippen LogP) is 4.15. The summed E-state index contributed by atoms with van der Waals surface area (Å²) in [6.07, 6.45) is 10.3. The Balaban J connectivity index is 1.22.